The van der Waals surface area contributed by atoms with E-state index in [0.717, 1.165) is 54.1 Å². The number of aliphatic imine (C=N–C) groups is 1. The number of anilines is 1. The number of hydrogen-bond donors (Lipinski definition) is 0. The van der Waals surface area contributed by atoms with Crippen LogP contribution in [-0.4, -0.2) is 48.8 Å². The van der Waals surface area contributed by atoms with Crippen LogP contribution in [0.25, 0.3) is 17.2 Å². The monoisotopic (exact) mass is 419 g/mol. The van der Waals surface area contributed by atoms with E-state index in [1.54, 1.807) is 6.08 Å². The van der Waals surface area contributed by atoms with Crippen molar-refractivity contribution in [2.45, 2.75) is 19.3 Å². The third-order valence-corrected chi connectivity index (χ3v) is 6.12. The lowest BCUT2D eigenvalue weighted by Crippen LogP contribution is -2.27. The number of hydrogen-bond acceptors (Lipinski definition) is 5. The number of carbonyl (C=O) groups is 2. The van der Waals surface area contributed by atoms with Crippen molar-refractivity contribution in [2.75, 3.05) is 31.1 Å². The van der Waals surface area contributed by atoms with Crippen molar-refractivity contribution >= 4 is 29.5 Å². The van der Waals surface area contributed by atoms with Crippen LogP contribution < -0.4 is 4.90 Å². The molecule has 1 saturated heterocycles. The number of rotatable bonds is 3. The van der Waals surface area contributed by atoms with Gasteiger partial charge in [-0.3, -0.25) is 9.79 Å². The van der Waals surface area contributed by atoms with Gasteiger partial charge in [0.05, 0.1) is 12.2 Å². The Labute approximate surface area is 179 Å². The van der Waals surface area contributed by atoms with Crippen LogP contribution in [0.1, 0.15) is 35.2 Å². The first-order chi connectivity index (χ1) is 15.1. The fourth-order valence-corrected chi connectivity index (χ4v) is 4.48. The summed E-state index contributed by atoms with van der Waals surface area (Å²) in [5, 5.41) is 0. The van der Waals surface area contributed by atoms with Gasteiger partial charge >= 0.3 is 5.97 Å². The zero-order chi connectivity index (χ0) is 21.4. The van der Waals surface area contributed by atoms with E-state index in [2.05, 4.69) is 14.8 Å². The number of nitrogens with zero attached hydrogens (tertiary/aromatic N) is 3. The van der Waals surface area contributed by atoms with Gasteiger partial charge in [-0.05, 0) is 53.8 Å². The minimum atomic E-state index is -0.982. The van der Waals surface area contributed by atoms with Crippen molar-refractivity contribution in [1.29, 1.82) is 0 Å². The molecule has 2 aromatic rings. The van der Waals surface area contributed by atoms with Crippen molar-refractivity contribution in [3.63, 3.8) is 0 Å². The summed E-state index contributed by atoms with van der Waals surface area (Å²) < 4.78 is 12.5. The highest BCUT2D eigenvalue weighted by molar-refractivity contribution is 6.10. The van der Waals surface area contributed by atoms with Gasteiger partial charge in [0.2, 0.25) is 0 Å². The van der Waals surface area contributed by atoms with Crippen molar-refractivity contribution in [2.24, 2.45) is 4.99 Å². The zero-order valence-corrected chi connectivity index (χ0v) is 17.0. The SMILES string of the molecule is O=C(OF)C1=Cc2ccc(-c3ccc(C(=O)N4CCCC4)cc3)cc2N2CCN=C2C1. The van der Waals surface area contributed by atoms with Crippen LogP contribution in [0.15, 0.2) is 53.0 Å². The minimum absolute atomic E-state index is 0.0846. The van der Waals surface area contributed by atoms with E-state index < -0.39 is 5.97 Å². The first kappa shape index (κ1) is 19.5. The molecule has 5 rings (SSSR count). The van der Waals surface area contributed by atoms with E-state index in [9.17, 15) is 14.1 Å². The van der Waals surface area contributed by atoms with E-state index in [0.29, 0.717) is 18.7 Å². The van der Waals surface area contributed by atoms with Crippen LogP contribution >= 0.6 is 0 Å². The Bertz CT molecular complexity index is 1100. The van der Waals surface area contributed by atoms with E-state index in [-0.39, 0.29) is 17.9 Å². The molecule has 1 amide bonds. The first-order valence-corrected chi connectivity index (χ1v) is 10.5. The molecule has 31 heavy (non-hydrogen) atoms. The Morgan fingerprint density at radius 3 is 2.45 bits per heavy atom. The predicted molar refractivity (Wildman–Crippen MR) is 116 cm³/mol. The highest BCUT2D eigenvalue weighted by Gasteiger charge is 2.28. The molecule has 0 bridgehead atoms. The molecule has 0 aromatic heterocycles. The largest absolute Gasteiger partial charge is 0.376 e. The molecule has 6 nitrogen and oxygen atoms in total. The highest BCUT2D eigenvalue weighted by Crippen LogP contribution is 2.35. The quantitative estimate of drug-likeness (QED) is 0.754. The van der Waals surface area contributed by atoms with Gasteiger partial charge < -0.3 is 9.80 Å². The molecule has 3 heterocycles. The van der Waals surface area contributed by atoms with Crippen LogP contribution in [0.5, 0.6) is 0 Å². The number of amides is 1. The van der Waals surface area contributed by atoms with Gasteiger partial charge in [-0.15, -0.1) is 0 Å². The zero-order valence-electron chi connectivity index (χ0n) is 17.0. The Morgan fingerprint density at radius 1 is 0.968 bits per heavy atom. The van der Waals surface area contributed by atoms with E-state index >= 15 is 0 Å². The Hall–Kier alpha value is -3.48. The third kappa shape index (κ3) is 3.60. The fraction of sp³-hybridized carbons (Fsp3) is 0.292. The number of likely N-dealkylation sites (tertiary alicyclic amines) is 1. The lowest BCUT2D eigenvalue weighted by atomic mass is 9.99. The number of carbonyl (C=O) groups excluding carboxylic acids is 2. The van der Waals surface area contributed by atoms with Crippen molar-refractivity contribution < 1.29 is 19.1 Å². The molecule has 0 spiro atoms. The second-order valence-corrected chi connectivity index (χ2v) is 8.01. The van der Waals surface area contributed by atoms with Crippen molar-refractivity contribution in [3.8, 4) is 11.1 Å². The summed E-state index contributed by atoms with van der Waals surface area (Å²) in [6, 6.07) is 13.6. The van der Waals surface area contributed by atoms with Gasteiger partial charge in [-0.25, -0.2) is 9.74 Å². The molecular weight excluding hydrogens is 397 g/mol. The first-order valence-electron chi connectivity index (χ1n) is 10.5. The Kier molecular flexibility index (Phi) is 5.02. The van der Waals surface area contributed by atoms with Crippen LogP contribution in [0.4, 0.5) is 10.2 Å². The van der Waals surface area contributed by atoms with E-state index in [1.807, 2.05) is 47.4 Å². The van der Waals surface area contributed by atoms with Gasteiger partial charge in [-0.2, -0.15) is 0 Å². The van der Waals surface area contributed by atoms with Crippen LogP contribution in [0, 0.1) is 0 Å². The Morgan fingerprint density at radius 2 is 1.71 bits per heavy atom. The standard InChI is InChI=1S/C24H22FN3O3/c25-31-24(30)20-13-19-8-7-18(14-21(19)28-12-9-26-22(28)15-20)16-3-5-17(6-4-16)23(29)27-10-1-2-11-27/h3-8,13-14H,1-2,9-12,15H2. The summed E-state index contributed by atoms with van der Waals surface area (Å²) in [7, 11) is 0. The molecule has 0 saturated carbocycles. The number of amidine groups is 1. The van der Waals surface area contributed by atoms with Gasteiger partial charge in [0, 0.05) is 41.7 Å². The maximum Gasteiger partial charge on any atom is 0.376 e. The highest BCUT2D eigenvalue weighted by atomic mass is 19.3. The average molecular weight is 419 g/mol. The minimum Gasteiger partial charge on any atom is -0.339 e. The molecule has 0 unspecified atom stereocenters. The molecular formula is C24H22FN3O3. The normalized spacial score (nSPS) is 17.5. The molecule has 158 valence electrons. The molecule has 0 N–H and O–H groups in total. The molecule has 2 aromatic carbocycles. The second kappa shape index (κ2) is 7.98. The summed E-state index contributed by atoms with van der Waals surface area (Å²) in [5.74, 6) is -0.162. The summed E-state index contributed by atoms with van der Waals surface area (Å²) in [6.45, 7) is 3.00. The number of benzene rings is 2. The van der Waals surface area contributed by atoms with Crippen molar-refractivity contribution in [3.05, 3.63) is 59.2 Å². The van der Waals surface area contributed by atoms with Crippen LogP contribution in [-0.2, 0) is 9.74 Å². The smallest absolute Gasteiger partial charge is 0.339 e. The maximum atomic E-state index is 12.6. The molecule has 3 aliphatic heterocycles. The number of halogens is 1. The topological polar surface area (TPSA) is 62.2 Å². The van der Waals surface area contributed by atoms with Gasteiger partial charge in [-0.1, -0.05) is 24.3 Å². The molecule has 3 aliphatic rings. The van der Waals surface area contributed by atoms with Crippen LogP contribution in [0.3, 0.4) is 0 Å². The molecule has 0 radical (unpaired) electrons. The maximum absolute atomic E-state index is 12.6. The van der Waals surface area contributed by atoms with E-state index in [1.165, 1.54) is 0 Å². The van der Waals surface area contributed by atoms with E-state index in [4.69, 9.17) is 0 Å². The molecule has 0 atom stereocenters. The fourth-order valence-electron chi connectivity index (χ4n) is 4.48. The van der Waals surface area contributed by atoms with Crippen LogP contribution in [0.2, 0.25) is 0 Å². The third-order valence-electron chi connectivity index (χ3n) is 6.12. The van der Waals surface area contributed by atoms with Gasteiger partial charge in [0.25, 0.3) is 5.91 Å². The lowest BCUT2D eigenvalue weighted by Gasteiger charge is -2.21. The summed E-state index contributed by atoms with van der Waals surface area (Å²) in [6.07, 6.45) is 4.04. The molecule has 0 aliphatic carbocycles. The molecule has 7 heteroatoms. The second-order valence-electron chi connectivity index (χ2n) is 8.01. The number of fused-ring (bicyclic) bond motifs is 3. The van der Waals surface area contributed by atoms with Crippen molar-refractivity contribution in [1.82, 2.24) is 4.90 Å². The summed E-state index contributed by atoms with van der Waals surface area (Å²) >= 11 is 0. The predicted octanol–water partition coefficient (Wildman–Crippen LogP) is 4.02. The molecule has 1 fully saturated rings. The average Bonchev–Trinajstić information content (AvgIpc) is 3.48. The summed E-state index contributed by atoms with van der Waals surface area (Å²) in [4.78, 5) is 36.3. The Balaban J connectivity index is 1.47. The lowest BCUT2D eigenvalue weighted by molar-refractivity contribution is -0.178. The summed E-state index contributed by atoms with van der Waals surface area (Å²) in [5.41, 5.74) is 4.67. The van der Waals surface area contributed by atoms with Gasteiger partial charge in [0.15, 0.2) is 0 Å². The van der Waals surface area contributed by atoms with Gasteiger partial charge in [0.1, 0.15) is 5.84 Å².